The predicted molar refractivity (Wildman–Crippen MR) is 109 cm³/mol. The Morgan fingerprint density at radius 1 is 1.10 bits per heavy atom. The Morgan fingerprint density at radius 2 is 1.79 bits per heavy atom. The van der Waals surface area contributed by atoms with Gasteiger partial charge in [0.15, 0.2) is 0 Å². The molecular formula is C22H30N4O3. The van der Waals surface area contributed by atoms with E-state index in [2.05, 4.69) is 26.9 Å². The first-order valence-corrected chi connectivity index (χ1v) is 10.6. The quantitative estimate of drug-likeness (QED) is 0.770. The van der Waals surface area contributed by atoms with E-state index in [1.807, 2.05) is 24.3 Å². The van der Waals surface area contributed by atoms with Crippen molar-refractivity contribution >= 4 is 5.91 Å². The van der Waals surface area contributed by atoms with Crippen LogP contribution < -0.4 is 4.74 Å². The van der Waals surface area contributed by atoms with E-state index in [0.717, 1.165) is 69.1 Å². The number of rotatable bonds is 5. The number of benzene rings is 1. The second kappa shape index (κ2) is 8.95. The van der Waals surface area contributed by atoms with Crippen molar-refractivity contribution in [3.63, 3.8) is 0 Å². The van der Waals surface area contributed by atoms with Crippen LogP contribution in [0.1, 0.15) is 38.5 Å². The Kier molecular flexibility index (Phi) is 6.13. The van der Waals surface area contributed by atoms with Crippen molar-refractivity contribution in [1.82, 2.24) is 19.9 Å². The molecule has 2 aliphatic heterocycles. The van der Waals surface area contributed by atoms with Crippen LogP contribution in [0.5, 0.6) is 5.75 Å². The number of carbonyl (C=O) groups is 1. The molecule has 0 radical (unpaired) electrons. The monoisotopic (exact) mass is 398 g/mol. The van der Waals surface area contributed by atoms with Gasteiger partial charge in [-0.15, -0.1) is 0 Å². The minimum atomic E-state index is 0.164. The molecule has 29 heavy (non-hydrogen) atoms. The van der Waals surface area contributed by atoms with Gasteiger partial charge >= 0.3 is 0 Å². The molecule has 7 heteroatoms. The van der Waals surface area contributed by atoms with Crippen LogP contribution >= 0.6 is 0 Å². The van der Waals surface area contributed by atoms with Gasteiger partial charge in [-0.25, -0.2) is 0 Å². The Hall–Kier alpha value is -2.41. The SMILES string of the molecule is COc1ccc(-c2noc(CN3CCC(C(=O)N4CCC(C)CC4)CC3)n2)cc1. The molecule has 1 aromatic heterocycles. The fraction of sp³-hybridized carbons (Fsp3) is 0.591. The first-order valence-electron chi connectivity index (χ1n) is 10.6. The molecule has 0 aliphatic carbocycles. The molecule has 0 unspecified atom stereocenters. The number of methoxy groups -OCH3 is 1. The number of ether oxygens (including phenoxy) is 1. The summed E-state index contributed by atoms with van der Waals surface area (Å²) in [5.74, 6) is 3.28. The van der Waals surface area contributed by atoms with Crippen LogP contribution in [0.3, 0.4) is 0 Å². The maximum atomic E-state index is 12.8. The largest absolute Gasteiger partial charge is 0.497 e. The van der Waals surface area contributed by atoms with Gasteiger partial charge in [-0.3, -0.25) is 9.69 Å². The van der Waals surface area contributed by atoms with E-state index in [0.29, 0.717) is 24.2 Å². The van der Waals surface area contributed by atoms with Gasteiger partial charge in [0.25, 0.3) is 0 Å². The van der Waals surface area contributed by atoms with E-state index >= 15 is 0 Å². The zero-order valence-electron chi connectivity index (χ0n) is 17.3. The smallest absolute Gasteiger partial charge is 0.241 e. The van der Waals surface area contributed by atoms with Crippen LogP contribution in [-0.2, 0) is 11.3 Å². The number of piperidine rings is 2. The Balaban J connectivity index is 1.27. The number of aromatic nitrogens is 2. The van der Waals surface area contributed by atoms with Crippen LogP contribution in [0.4, 0.5) is 0 Å². The van der Waals surface area contributed by atoms with Crippen molar-refractivity contribution in [3.05, 3.63) is 30.2 Å². The number of amides is 1. The number of nitrogens with zero attached hydrogens (tertiary/aromatic N) is 4. The minimum Gasteiger partial charge on any atom is -0.497 e. The number of carbonyl (C=O) groups excluding carboxylic acids is 1. The second-order valence-corrected chi connectivity index (χ2v) is 8.30. The van der Waals surface area contributed by atoms with Gasteiger partial charge in [0.05, 0.1) is 13.7 Å². The molecule has 0 bridgehead atoms. The Labute approximate surface area is 172 Å². The lowest BCUT2D eigenvalue weighted by Crippen LogP contribution is -2.45. The zero-order valence-corrected chi connectivity index (χ0v) is 17.3. The summed E-state index contributed by atoms with van der Waals surface area (Å²) in [6.45, 7) is 6.54. The van der Waals surface area contributed by atoms with Gasteiger partial charge < -0.3 is 14.2 Å². The first kappa shape index (κ1) is 19.9. The molecule has 1 aromatic carbocycles. The molecule has 2 fully saturated rings. The van der Waals surface area contributed by atoms with Gasteiger partial charge in [0.2, 0.25) is 17.6 Å². The summed E-state index contributed by atoms with van der Waals surface area (Å²) in [6, 6.07) is 7.62. The average molecular weight is 399 g/mol. The Morgan fingerprint density at radius 3 is 2.45 bits per heavy atom. The summed E-state index contributed by atoms with van der Waals surface area (Å²) in [5.41, 5.74) is 0.904. The summed E-state index contributed by atoms with van der Waals surface area (Å²) in [6.07, 6.45) is 4.09. The second-order valence-electron chi connectivity index (χ2n) is 8.30. The molecule has 4 rings (SSSR count). The lowest BCUT2D eigenvalue weighted by Gasteiger charge is -2.36. The van der Waals surface area contributed by atoms with Crippen molar-refractivity contribution < 1.29 is 14.1 Å². The Bertz CT molecular complexity index is 804. The topological polar surface area (TPSA) is 71.7 Å². The lowest BCUT2D eigenvalue weighted by molar-refractivity contribution is -0.138. The third-order valence-corrected chi connectivity index (χ3v) is 6.21. The molecular weight excluding hydrogens is 368 g/mol. The average Bonchev–Trinajstić information content (AvgIpc) is 3.23. The maximum absolute atomic E-state index is 12.8. The molecule has 2 saturated heterocycles. The van der Waals surface area contributed by atoms with E-state index in [-0.39, 0.29) is 5.92 Å². The van der Waals surface area contributed by atoms with E-state index in [4.69, 9.17) is 9.26 Å². The number of hydrogen-bond acceptors (Lipinski definition) is 6. The summed E-state index contributed by atoms with van der Waals surface area (Å²) < 4.78 is 10.6. The third-order valence-electron chi connectivity index (χ3n) is 6.21. The van der Waals surface area contributed by atoms with Gasteiger partial charge in [0, 0.05) is 24.6 Å². The molecule has 0 atom stereocenters. The molecule has 0 spiro atoms. The maximum Gasteiger partial charge on any atom is 0.241 e. The summed E-state index contributed by atoms with van der Waals surface area (Å²) in [5, 5.41) is 4.10. The van der Waals surface area contributed by atoms with Crippen molar-refractivity contribution in [1.29, 1.82) is 0 Å². The molecule has 7 nitrogen and oxygen atoms in total. The molecule has 0 N–H and O–H groups in total. The summed E-state index contributed by atoms with van der Waals surface area (Å²) in [4.78, 5) is 21.7. The van der Waals surface area contributed by atoms with Gasteiger partial charge in [0.1, 0.15) is 5.75 Å². The van der Waals surface area contributed by atoms with Crippen molar-refractivity contribution in [2.45, 2.75) is 39.2 Å². The highest BCUT2D eigenvalue weighted by Gasteiger charge is 2.30. The van der Waals surface area contributed by atoms with Crippen molar-refractivity contribution in [2.75, 3.05) is 33.3 Å². The highest BCUT2D eigenvalue weighted by molar-refractivity contribution is 5.79. The van der Waals surface area contributed by atoms with Crippen LogP contribution in [0.2, 0.25) is 0 Å². The predicted octanol–water partition coefficient (Wildman–Crippen LogP) is 3.22. The standard InChI is InChI=1S/C22H30N4O3/c1-16-7-13-26(14-8-16)22(27)18-9-11-25(12-10-18)15-20-23-21(24-29-20)17-3-5-19(28-2)6-4-17/h3-6,16,18H,7-15H2,1-2H3. The van der Waals surface area contributed by atoms with Crippen LogP contribution in [0.25, 0.3) is 11.4 Å². The molecule has 3 heterocycles. The lowest BCUT2D eigenvalue weighted by atomic mass is 9.93. The molecule has 1 amide bonds. The highest BCUT2D eigenvalue weighted by atomic mass is 16.5. The molecule has 0 saturated carbocycles. The minimum absolute atomic E-state index is 0.164. The number of likely N-dealkylation sites (tertiary alicyclic amines) is 2. The van der Waals surface area contributed by atoms with Crippen molar-refractivity contribution in [2.24, 2.45) is 11.8 Å². The normalized spacial score (nSPS) is 19.4. The van der Waals surface area contributed by atoms with E-state index in [1.54, 1.807) is 7.11 Å². The highest BCUT2D eigenvalue weighted by Crippen LogP contribution is 2.25. The van der Waals surface area contributed by atoms with Gasteiger partial charge in [-0.05, 0) is 69.0 Å². The van der Waals surface area contributed by atoms with Crippen LogP contribution in [0, 0.1) is 11.8 Å². The first-order chi connectivity index (χ1) is 14.1. The van der Waals surface area contributed by atoms with Gasteiger partial charge in [-0.1, -0.05) is 12.1 Å². The fourth-order valence-corrected chi connectivity index (χ4v) is 4.19. The van der Waals surface area contributed by atoms with Crippen LogP contribution in [-0.4, -0.2) is 59.1 Å². The van der Waals surface area contributed by atoms with E-state index in [1.165, 1.54) is 0 Å². The molecule has 2 aliphatic rings. The molecule has 156 valence electrons. The van der Waals surface area contributed by atoms with Crippen LogP contribution in [0.15, 0.2) is 28.8 Å². The summed E-state index contributed by atoms with van der Waals surface area (Å²) >= 11 is 0. The van der Waals surface area contributed by atoms with Gasteiger partial charge in [-0.2, -0.15) is 4.98 Å². The van der Waals surface area contributed by atoms with Crippen molar-refractivity contribution in [3.8, 4) is 17.1 Å². The zero-order chi connectivity index (χ0) is 20.2. The fourth-order valence-electron chi connectivity index (χ4n) is 4.19. The third kappa shape index (κ3) is 4.78. The van der Waals surface area contributed by atoms with E-state index in [9.17, 15) is 4.79 Å². The summed E-state index contributed by atoms with van der Waals surface area (Å²) in [7, 11) is 1.64. The molecule has 2 aromatic rings. The number of hydrogen-bond donors (Lipinski definition) is 0. The van der Waals surface area contributed by atoms with E-state index < -0.39 is 0 Å².